The van der Waals surface area contributed by atoms with Crippen LogP contribution in [0.2, 0.25) is 0 Å². The molecule has 82 valence electrons. The molecule has 0 bridgehead atoms. The second-order valence-electron chi connectivity index (χ2n) is 4.31. The van der Waals surface area contributed by atoms with Crippen molar-refractivity contribution in [2.45, 2.75) is 26.4 Å². The maximum absolute atomic E-state index is 11.5. The van der Waals surface area contributed by atoms with Gasteiger partial charge in [-0.2, -0.15) is 0 Å². The van der Waals surface area contributed by atoms with Crippen LogP contribution in [0.15, 0.2) is 23.2 Å². The van der Waals surface area contributed by atoms with Crippen LogP contribution >= 0.6 is 0 Å². The average Bonchev–Trinajstić information content (AvgIpc) is 2.54. The highest BCUT2D eigenvalue weighted by Gasteiger charge is 2.35. The summed E-state index contributed by atoms with van der Waals surface area (Å²) in [5, 5.41) is 2.81. The van der Waals surface area contributed by atoms with Crippen LogP contribution in [0.4, 0.5) is 5.69 Å². The molecule has 3 rings (SSSR count). The zero-order chi connectivity index (χ0) is 11.3. The van der Waals surface area contributed by atoms with E-state index in [0.717, 1.165) is 17.8 Å². The highest BCUT2D eigenvalue weighted by atomic mass is 16.2. The van der Waals surface area contributed by atoms with Crippen LogP contribution in [0, 0.1) is 6.92 Å². The van der Waals surface area contributed by atoms with Crippen LogP contribution in [0.3, 0.4) is 0 Å². The zero-order valence-electron chi connectivity index (χ0n) is 9.32. The minimum absolute atomic E-state index is 0.0317. The molecule has 1 aromatic carbocycles. The number of para-hydroxylation sites is 1. The van der Waals surface area contributed by atoms with Gasteiger partial charge in [0.15, 0.2) is 0 Å². The molecule has 2 aliphatic rings. The molecule has 0 radical (unpaired) electrons. The number of benzene rings is 1. The maximum atomic E-state index is 11.5. The quantitative estimate of drug-likeness (QED) is 0.709. The van der Waals surface area contributed by atoms with Crippen molar-refractivity contribution in [1.82, 2.24) is 10.2 Å². The second kappa shape index (κ2) is 3.07. The average molecular weight is 215 g/mol. The first-order valence-corrected chi connectivity index (χ1v) is 5.41. The summed E-state index contributed by atoms with van der Waals surface area (Å²) in [5.41, 5.74) is 3.34. The molecule has 2 heterocycles. The summed E-state index contributed by atoms with van der Waals surface area (Å²) in [6, 6.07) is 6.02. The Kier molecular flexibility index (Phi) is 1.80. The van der Waals surface area contributed by atoms with Crippen molar-refractivity contribution in [3.8, 4) is 0 Å². The monoisotopic (exact) mass is 215 g/mol. The molecule has 0 spiro atoms. The Morgan fingerprint density at radius 1 is 1.50 bits per heavy atom. The summed E-state index contributed by atoms with van der Waals surface area (Å²) in [4.78, 5) is 18.1. The molecule has 16 heavy (non-hydrogen) atoms. The molecule has 1 fully saturated rings. The predicted octanol–water partition coefficient (Wildman–Crippen LogP) is 1.32. The molecule has 0 saturated carbocycles. The van der Waals surface area contributed by atoms with Gasteiger partial charge in [-0.15, -0.1) is 0 Å². The van der Waals surface area contributed by atoms with Crippen molar-refractivity contribution in [2.24, 2.45) is 4.99 Å². The number of carbonyl (C=O) groups is 1. The van der Waals surface area contributed by atoms with Crippen molar-refractivity contribution < 1.29 is 4.79 Å². The Labute approximate surface area is 94.0 Å². The first-order valence-electron chi connectivity index (χ1n) is 5.41. The standard InChI is InChI=1S/C12H13N3O/c1-7-4-3-5-9-6-15-8(2)11(16)14-12(15)13-10(7)9/h3-5,8H,6H2,1-2H3,(H,13,14,16)/t8-/m0/s1. The van der Waals surface area contributed by atoms with Gasteiger partial charge >= 0.3 is 0 Å². The van der Waals surface area contributed by atoms with Crippen molar-refractivity contribution in [3.05, 3.63) is 29.3 Å². The van der Waals surface area contributed by atoms with Crippen LogP contribution in [-0.2, 0) is 11.3 Å². The molecule has 0 unspecified atom stereocenters. The minimum atomic E-state index is -0.118. The van der Waals surface area contributed by atoms with E-state index in [9.17, 15) is 4.79 Å². The molecule has 4 nitrogen and oxygen atoms in total. The molecule has 1 N–H and O–H groups in total. The first-order chi connectivity index (χ1) is 7.66. The van der Waals surface area contributed by atoms with Crippen molar-refractivity contribution >= 4 is 17.6 Å². The SMILES string of the molecule is Cc1cccc2c1N=C1NC(=O)[C@H](C)N1C2. The van der Waals surface area contributed by atoms with Crippen LogP contribution in [0.25, 0.3) is 0 Å². The second-order valence-corrected chi connectivity index (χ2v) is 4.31. The van der Waals surface area contributed by atoms with E-state index in [1.165, 1.54) is 5.56 Å². The predicted molar refractivity (Wildman–Crippen MR) is 61.4 cm³/mol. The summed E-state index contributed by atoms with van der Waals surface area (Å²) in [6.45, 7) is 4.70. The van der Waals surface area contributed by atoms with Gasteiger partial charge in [-0.1, -0.05) is 18.2 Å². The molecule has 4 heteroatoms. The Bertz CT molecular complexity index is 507. The van der Waals surface area contributed by atoms with E-state index in [1.807, 2.05) is 30.9 Å². The van der Waals surface area contributed by atoms with Gasteiger partial charge in [0.2, 0.25) is 11.9 Å². The lowest BCUT2D eigenvalue weighted by molar-refractivity contribution is -0.121. The molecule has 1 saturated heterocycles. The van der Waals surface area contributed by atoms with Gasteiger partial charge in [-0.25, -0.2) is 4.99 Å². The van der Waals surface area contributed by atoms with Crippen molar-refractivity contribution in [1.29, 1.82) is 0 Å². The molecule has 1 amide bonds. The van der Waals surface area contributed by atoms with Gasteiger partial charge in [-0.05, 0) is 25.0 Å². The smallest absolute Gasteiger partial charge is 0.249 e. The van der Waals surface area contributed by atoms with E-state index in [-0.39, 0.29) is 11.9 Å². The zero-order valence-corrected chi connectivity index (χ0v) is 9.32. The number of amides is 1. The largest absolute Gasteiger partial charge is 0.326 e. The van der Waals surface area contributed by atoms with Crippen LogP contribution in [-0.4, -0.2) is 22.8 Å². The number of aryl methyl sites for hydroxylation is 1. The number of guanidine groups is 1. The number of hydrogen-bond acceptors (Lipinski definition) is 3. The van der Waals surface area contributed by atoms with Crippen LogP contribution in [0.5, 0.6) is 0 Å². The number of nitrogens with one attached hydrogen (secondary N) is 1. The summed E-state index contributed by atoms with van der Waals surface area (Å²) in [5.74, 6) is 0.725. The molecule has 2 aliphatic heterocycles. The summed E-state index contributed by atoms with van der Waals surface area (Å²) >= 11 is 0. The number of carbonyl (C=O) groups excluding carboxylic acids is 1. The molecular weight excluding hydrogens is 202 g/mol. The Morgan fingerprint density at radius 3 is 3.12 bits per heavy atom. The number of hydrogen-bond donors (Lipinski definition) is 1. The molecule has 1 atom stereocenters. The van der Waals surface area contributed by atoms with Gasteiger partial charge in [-0.3, -0.25) is 10.1 Å². The van der Waals surface area contributed by atoms with E-state index in [4.69, 9.17) is 0 Å². The maximum Gasteiger partial charge on any atom is 0.249 e. The summed E-state index contributed by atoms with van der Waals surface area (Å²) in [7, 11) is 0. The van der Waals surface area contributed by atoms with Crippen LogP contribution < -0.4 is 5.32 Å². The minimum Gasteiger partial charge on any atom is -0.326 e. The number of aliphatic imine (C=N–C) groups is 1. The van der Waals surface area contributed by atoms with Crippen LogP contribution in [0.1, 0.15) is 18.1 Å². The van der Waals surface area contributed by atoms with Gasteiger partial charge in [0.05, 0.1) is 5.69 Å². The van der Waals surface area contributed by atoms with E-state index in [2.05, 4.69) is 16.4 Å². The van der Waals surface area contributed by atoms with Gasteiger partial charge in [0.25, 0.3) is 0 Å². The highest BCUT2D eigenvalue weighted by molar-refractivity contribution is 6.07. The Hall–Kier alpha value is -1.84. The van der Waals surface area contributed by atoms with Gasteiger partial charge in [0, 0.05) is 6.54 Å². The van der Waals surface area contributed by atoms with E-state index in [0.29, 0.717) is 5.96 Å². The third-order valence-electron chi connectivity index (χ3n) is 3.23. The van der Waals surface area contributed by atoms with Crippen molar-refractivity contribution in [2.75, 3.05) is 0 Å². The summed E-state index contributed by atoms with van der Waals surface area (Å²) in [6.07, 6.45) is 0. The number of nitrogens with zero attached hydrogens (tertiary/aromatic N) is 2. The first kappa shape index (κ1) is 9.39. The fourth-order valence-corrected chi connectivity index (χ4v) is 2.21. The third kappa shape index (κ3) is 1.16. The Morgan fingerprint density at radius 2 is 2.31 bits per heavy atom. The van der Waals surface area contributed by atoms with Gasteiger partial charge < -0.3 is 4.90 Å². The molecule has 0 aromatic heterocycles. The van der Waals surface area contributed by atoms with Crippen molar-refractivity contribution in [3.63, 3.8) is 0 Å². The van der Waals surface area contributed by atoms with E-state index >= 15 is 0 Å². The van der Waals surface area contributed by atoms with E-state index < -0.39 is 0 Å². The lowest BCUT2D eigenvalue weighted by atomic mass is 10.1. The highest BCUT2D eigenvalue weighted by Crippen LogP contribution is 2.31. The lowest BCUT2D eigenvalue weighted by Gasteiger charge is -2.26. The summed E-state index contributed by atoms with van der Waals surface area (Å²) < 4.78 is 0. The Balaban J connectivity index is 2.11. The fourth-order valence-electron chi connectivity index (χ4n) is 2.21. The topological polar surface area (TPSA) is 44.7 Å². The normalized spacial score (nSPS) is 22.4. The third-order valence-corrected chi connectivity index (χ3v) is 3.23. The molecule has 0 aliphatic carbocycles. The number of fused-ring (bicyclic) bond motifs is 2. The molecular formula is C12H13N3O. The lowest BCUT2D eigenvalue weighted by Crippen LogP contribution is -2.35. The molecule has 1 aromatic rings. The van der Waals surface area contributed by atoms with Gasteiger partial charge in [0.1, 0.15) is 6.04 Å². The fraction of sp³-hybridized carbons (Fsp3) is 0.333. The number of rotatable bonds is 0. The van der Waals surface area contributed by atoms with E-state index in [1.54, 1.807) is 0 Å².